The highest BCUT2D eigenvalue weighted by atomic mass is 16.5. The van der Waals surface area contributed by atoms with Gasteiger partial charge in [0.25, 0.3) is 0 Å². The van der Waals surface area contributed by atoms with Crippen molar-refractivity contribution < 1.29 is 19.4 Å². The van der Waals surface area contributed by atoms with Crippen LogP contribution in [0.3, 0.4) is 0 Å². The first-order valence-corrected chi connectivity index (χ1v) is 13.1. The van der Waals surface area contributed by atoms with E-state index in [2.05, 4.69) is 19.1 Å². The van der Waals surface area contributed by atoms with Crippen molar-refractivity contribution in [2.75, 3.05) is 6.61 Å². The van der Waals surface area contributed by atoms with E-state index in [-0.39, 0.29) is 12.4 Å². The highest BCUT2D eigenvalue weighted by Crippen LogP contribution is 2.16. The van der Waals surface area contributed by atoms with Crippen molar-refractivity contribution in [1.29, 1.82) is 0 Å². The van der Waals surface area contributed by atoms with Crippen LogP contribution in [0.1, 0.15) is 136 Å². The van der Waals surface area contributed by atoms with Crippen LogP contribution in [0.4, 0.5) is 0 Å². The summed E-state index contributed by atoms with van der Waals surface area (Å²) in [5, 5.41) is 8.99. The zero-order valence-corrected chi connectivity index (χ0v) is 20.5. The second-order valence-electron chi connectivity index (χ2n) is 8.90. The Hall–Kier alpha value is -1.32. The number of carbonyl (C=O) groups is 2. The van der Waals surface area contributed by atoms with Crippen LogP contribution in [0.2, 0.25) is 0 Å². The van der Waals surface area contributed by atoms with Crippen molar-refractivity contribution >= 4 is 11.9 Å². The van der Waals surface area contributed by atoms with Crippen LogP contribution in [0, 0.1) is 5.92 Å². The molecule has 4 nitrogen and oxygen atoms in total. The molecule has 4 heteroatoms. The number of hydrogen-bond acceptors (Lipinski definition) is 3. The lowest BCUT2D eigenvalue weighted by atomic mass is 9.98. The van der Waals surface area contributed by atoms with Crippen LogP contribution in [0.5, 0.6) is 0 Å². The Kier molecular flexibility index (Phi) is 22.4. The van der Waals surface area contributed by atoms with Gasteiger partial charge < -0.3 is 9.84 Å². The molecule has 0 aromatic rings. The minimum absolute atomic E-state index is 0.134. The largest absolute Gasteiger partial charge is 0.481 e. The van der Waals surface area contributed by atoms with Gasteiger partial charge in [0.15, 0.2) is 0 Å². The molecule has 0 aliphatic rings. The Morgan fingerprint density at radius 3 is 1.68 bits per heavy atom. The molecule has 0 radical (unpaired) electrons. The Balaban J connectivity index is 3.53. The number of carbonyl (C=O) groups excluding carboxylic acids is 1. The van der Waals surface area contributed by atoms with E-state index in [4.69, 9.17) is 9.84 Å². The molecule has 0 heterocycles. The fraction of sp³-hybridized carbons (Fsp3) is 0.852. The van der Waals surface area contributed by atoms with Gasteiger partial charge >= 0.3 is 11.9 Å². The van der Waals surface area contributed by atoms with Gasteiger partial charge in [-0.1, -0.05) is 103 Å². The van der Waals surface area contributed by atoms with E-state index in [1.165, 1.54) is 83.5 Å². The van der Waals surface area contributed by atoms with Gasteiger partial charge in [-0.2, -0.15) is 0 Å². The lowest BCUT2D eigenvalue weighted by molar-refractivity contribution is -0.153. The summed E-state index contributed by atoms with van der Waals surface area (Å²) >= 11 is 0. The predicted octanol–water partition coefficient (Wildman–Crippen LogP) is 8.24. The van der Waals surface area contributed by atoms with Crippen molar-refractivity contribution in [3.05, 3.63) is 12.2 Å². The normalized spacial score (nSPS) is 12.3. The SMILES string of the molecule is CCCCCCCCCCCCCCC/C=C/CCCC(CC(=O)O)C(=O)OCCC. The Morgan fingerprint density at radius 1 is 0.710 bits per heavy atom. The molecule has 0 saturated carbocycles. The van der Waals surface area contributed by atoms with Gasteiger partial charge in [-0.15, -0.1) is 0 Å². The van der Waals surface area contributed by atoms with Gasteiger partial charge in [0.05, 0.1) is 18.9 Å². The number of hydrogen-bond donors (Lipinski definition) is 1. The number of allylic oxidation sites excluding steroid dienone is 2. The first kappa shape index (κ1) is 29.7. The molecule has 0 aliphatic carbocycles. The average molecular weight is 439 g/mol. The van der Waals surface area contributed by atoms with Crippen molar-refractivity contribution in [3.63, 3.8) is 0 Å². The summed E-state index contributed by atoms with van der Waals surface area (Å²) < 4.78 is 5.12. The van der Waals surface area contributed by atoms with E-state index < -0.39 is 11.9 Å². The topological polar surface area (TPSA) is 63.6 Å². The second-order valence-corrected chi connectivity index (χ2v) is 8.90. The molecule has 0 aromatic carbocycles. The smallest absolute Gasteiger partial charge is 0.309 e. The third-order valence-electron chi connectivity index (χ3n) is 5.77. The molecule has 0 spiro atoms. The Bertz CT molecular complexity index is 445. The van der Waals surface area contributed by atoms with Crippen LogP contribution >= 0.6 is 0 Å². The second kappa shape index (κ2) is 23.3. The molecule has 1 N–H and O–H groups in total. The van der Waals surface area contributed by atoms with Gasteiger partial charge in [0.1, 0.15) is 0 Å². The molecular weight excluding hydrogens is 388 g/mol. The maximum atomic E-state index is 11.9. The van der Waals surface area contributed by atoms with Gasteiger partial charge in [-0.25, -0.2) is 0 Å². The minimum Gasteiger partial charge on any atom is -0.481 e. The number of ether oxygens (including phenoxy) is 1. The number of rotatable bonds is 23. The maximum Gasteiger partial charge on any atom is 0.309 e. The van der Waals surface area contributed by atoms with E-state index in [9.17, 15) is 9.59 Å². The first-order chi connectivity index (χ1) is 15.1. The molecule has 0 saturated heterocycles. The number of carboxylic acids is 1. The molecule has 0 aliphatic heterocycles. The summed E-state index contributed by atoms with van der Waals surface area (Å²) in [6, 6.07) is 0. The zero-order chi connectivity index (χ0) is 23.0. The molecule has 182 valence electrons. The number of aliphatic carboxylic acids is 1. The summed E-state index contributed by atoms with van der Waals surface area (Å²) in [7, 11) is 0. The molecule has 1 atom stereocenters. The fourth-order valence-corrected chi connectivity index (χ4v) is 3.83. The van der Waals surface area contributed by atoms with E-state index in [0.29, 0.717) is 13.0 Å². The van der Waals surface area contributed by atoms with Crippen molar-refractivity contribution in [1.82, 2.24) is 0 Å². The summed E-state index contributed by atoms with van der Waals surface area (Å²) in [5.41, 5.74) is 0. The fourth-order valence-electron chi connectivity index (χ4n) is 3.83. The monoisotopic (exact) mass is 438 g/mol. The summed E-state index contributed by atoms with van der Waals surface area (Å²) in [5.74, 6) is -1.81. The van der Waals surface area contributed by atoms with Crippen molar-refractivity contribution in [2.24, 2.45) is 5.92 Å². The number of esters is 1. The van der Waals surface area contributed by atoms with Gasteiger partial charge in [0.2, 0.25) is 0 Å². The first-order valence-electron chi connectivity index (χ1n) is 13.1. The van der Waals surface area contributed by atoms with E-state index in [1.54, 1.807) is 0 Å². The molecule has 0 fully saturated rings. The van der Waals surface area contributed by atoms with Gasteiger partial charge in [0, 0.05) is 0 Å². The Morgan fingerprint density at radius 2 is 1.19 bits per heavy atom. The number of unbranched alkanes of at least 4 members (excludes halogenated alkanes) is 14. The average Bonchev–Trinajstić information content (AvgIpc) is 2.75. The summed E-state index contributed by atoms with van der Waals surface area (Å²) in [6.45, 7) is 4.57. The highest BCUT2D eigenvalue weighted by Gasteiger charge is 2.22. The summed E-state index contributed by atoms with van der Waals surface area (Å²) in [4.78, 5) is 22.9. The van der Waals surface area contributed by atoms with Crippen LogP contribution in [-0.2, 0) is 14.3 Å². The molecule has 0 bridgehead atoms. The van der Waals surface area contributed by atoms with Crippen LogP contribution in [-0.4, -0.2) is 23.7 Å². The molecule has 0 amide bonds. The van der Waals surface area contributed by atoms with Crippen LogP contribution < -0.4 is 0 Å². The molecule has 0 aromatic heterocycles. The number of carboxylic acid groups (broad SMARTS) is 1. The zero-order valence-electron chi connectivity index (χ0n) is 20.5. The third-order valence-corrected chi connectivity index (χ3v) is 5.77. The van der Waals surface area contributed by atoms with E-state index in [0.717, 1.165) is 25.7 Å². The molecule has 0 rings (SSSR count). The quantitative estimate of drug-likeness (QED) is 0.0991. The molecular formula is C27H50O4. The van der Waals surface area contributed by atoms with Crippen LogP contribution in [0.15, 0.2) is 12.2 Å². The van der Waals surface area contributed by atoms with Crippen molar-refractivity contribution in [2.45, 2.75) is 136 Å². The van der Waals surface area contributed by atoms with Gasteiger partial charge in [-0.05, 0) is 38.5 Å². The van der Waals surface area contributed by atoms with E-state index in [1.807, 2.05) is 6.92 Å². The maximum absolute atomic E-state index is 11.9. The minimum atomic E-state index is -0.934. The lowest BCUT2D eigenvalue weighted by Crippen LogP contribution is -2.21. The van der Waals surface area contributed by atoms with Crippen molar-refractivity contribution in [3.8, 4) is 0 Å². The van der Waals surface area contributed by atoms with Crippen LogP contribution in [0.25, 0.3) is 0 Å². The standard InChI is InChI=1S/C27H50O4/c1-3-5-6-7-8-9-10-11-12-13-14-15-16-17-18-19-20-21-22-25(24-26(28)29)27(30)31-23-4-2/h18-19,25H,3-17,20-24H2,1-2H3,(H,28,29)/b19-18+. The summed E-state index contributed by atoms with van der Waals surface area (Å²) in [6.07, 6.45) is 26.4. The highest BCUT2D eigenvalue weighted by molar-refractivity contribution is 5.79. The predicted molar refractivity (Wildman–Crippen MR) is 130 cm³/mol. The van der Waals surface area contributed by atoms with Gasteiger partial charge in [-0.3, -0.25) is 9.59 Å². The van der Waals surface area contributed by atoms with E-state index >= 15 is 0 Å². The lowest BCUT2D eigenvalue weighted by Gasteiger charge is -2.13. The third kappa shape index (κ3) is 21.7. The Labute approximate surface area is 192 Å². The molecule has 31 heavy (non-hydrogen) atoms. The molecule has 1 unspecified atom stereocenters.